The number of piperidine rings is 1. The Hall–Kier alpha value is -2.41. The number of aryl methyl sites for hydroxylation is 1. The van der Waals surface area contributed by atoms with Crippen LogP contribution in [0.1, 0.15) is 30.4 Å². The first kappa shape index (κ1) is 19.9. The molecule has 3 amide bonds. The topological polar surface area (TPSA) is 95.7 Å². The Balaban J connectivity index is 1.89. The van der Waals surface area contributed by atoms with Gasteiger partial charge in [-0.25, -0.2) is 0 Å². The van der Waals surface area contributed by atoms with Gasteiger partial charge >= 0.3 is 0 Å². The van der Waals surface area contributed by atoms with Gasteiger partial charge in [0.2, 0.25) is 17.7 Å². The summed E-state index contributed by atoms with van der Waals surface area (Å²) in [7, 11) is 1.71. The second-order valence-corrected chi connectivity index (χ2v) is 6.97. The van der Waals surface area contributed by atoms with Crippen molar-refractivity contribution in [3.8, 4) is 0 Å². The van der Waals surface area contributed by atoms with Gasteiger partial charge in [0, 0.05) is 12.2 Å². The van der Waals surface area contributed by atoms with Crippen molar-refractivity contribution in [2.75, 3.05) is 32.0 Å². The van der Waals surface area contributed by atoms with Crippen LogP contribution in [0.15, 0.2) is 18.2 Å². The molecular weight excluding hydrogens is 332 g/mol. The third kappa shape index (κ3) is 5.05. The van der Waals surface area contributed by atoms with E-state index in [1.807, 2.05) is 32.0 Å². The molecule has 0 spiro atoms. The van der Waals surface area contributed by atoms with Crippen LogP contribution in [0.25, 0.3) is 0 Å². The van der Waals surface area contributed by atoms with E-state index in [0.29, 0.717) is 13.0 Å². The number of nitrogens with zero attached hydrogens (tertiary/aromatic N) is 2. The lowest BCUT2D eigenvalue weighted by Crippen LogP contribution is -2.53. The average Bonchev–Trinajstić information content (AvgIpc) is 2.58. The molecule has 0 saturated carbocycles. The fourth-order valence-electron chi connectivity index (χ4n) is 3.22. The summed E-state index contributed by atoms with van der Waals surface area (Å²) < 4.78 is 0. The third-order valence-electron chi connectivity index (χ3n) is 4.85. The smallest absolute Gasteiger partial charge is 0.240 e. The molecule has 1 aliphatic heterocycles. The van der Waals surface area contributed by atoms with E-state index < -0.39 is 11.9 Å². The number of likely N-dealkylation sites (tertiary alicyclic amines) is 1. The van der Waals surface area contributed by atoms with Gasteiger partial charge in [-0.15, -0.1) is 0 Å². The molecule has 0 bridgehead atoms. The number of benzene rings is 1. The van der Waals surface area contributed by atoms with E-state index in [1.54, 1.807) is 16.8 Å². The fraction of sp³-hybridized carbons (Fsp3) is 0.526. The Labute approximate surface area is 154 Å². The number of rotatable bonds is 6. The second-order valence-electron chi connectivity index (χ2n) is 6.97. The number of amides is 3. The van der Waals surface area contributed by atoms with E-state index in [-0.39, 0.29) is 24.9 Å². The Morgan fingerprint density at radius 1 is 1.23 bits per heavy atom. The maximum atomic E-state index is 12.5. The fourth-order valence-corrected chi connectivity index (χ4v) is 3.22. The van der Waals surface area contributed by atoms with Crippen LogP contribution in [0, 0.1) is 13.8 Å². The molecule has 1 atom stereocenters. The molecule has 0 aliphatic carbocycles. The van der Waals surface area contributed by atoms with Crippen LogP contribution >= 0.6 is 0 Å². The second kappa shape index (κ2) is 8.80. The minimum atomic E-state index is -0.534. The summed E-state index contributed by atoms with van der Waals surface area (Å²) in [6, 6.07) is 5.21. The highest BCUT2D eigenvalue weighted by Gasteiger charge is 2.30. The van der Waals surface area contributed by atoms with Crippen LogP contribution in [0.5, 0.6) is 0 Å². The number of nitrogens with two attached hydrogens (primary N) is 1. The lowest BCUT2D eigenvalue weighted by atomic mass is 10.0. The number of likely N-dealkylation sites (N-methyl/N-ethyl adjacent to an activating group) is 1. The molecule has 1 aliphatic rings. The van der Waals surface area contributed by atoms with Crippen molar-refractivity contribution < 1.29 is 14.4 Å². The van der Waals surface area contributed by atoms with Gasteiger partial charge < -0.3 is 16.0 Å². The summed E-state index contributed by atoms with van der Waals surface area (Å²) in [5.74, 6) is -0.817. The molecule has 1 heterocycles. The molecule has 1 fully saturated rings. The SMILES string of the molecule is Cc1cccc(NC(=O)CN(C)CC(=O)N2CCCC[C@H]2C(N)=O)c1C. The molecule has 1 saturated heterocycles. The van der Waals surface area contributed by atoms with Crippen LogP contribution in [0.2, 0.25) is 0 Å². The molecule has 0 unspecified atom stereocenters. The van der Waals surface area contributed by atoms with Crippen molar-refractivity contribution >= 4 is 23.4 Å². The predicted octanol–water partition coefficient (Wildman–Crippen LogP) is 1.04. The van der Waals surface area contributed by atoms with Gasteiger partial charge in [-0.1, -0.05) is 12.1 Å². The molecule has 1 aromatic rings. The normalized spacial score (nSPS) is 17.2. The summed E-state index contributed by atoms with van der Waals surface area (Å²) in [6.07, 6.45) is 2.37. The highest BCUT2D eigenvalue weighted by molar-refractivity contribution is 5.93. The van der Waals surface area contributed by atoms with E-state index >= 15 is 0 Å². The first-order valence-electron chi connectivity index (χ1n) is 8.93. The molecule has 26 heavy (non-hydrogen) atoms. The van der Waals surface area contributed by atoms with Gasteiger partial charge in [0.15, 0.2) is 0 Å². The standard InChI is InChI=1S/C19H28N4O3/c1-13-7-6-8-15(14(13)2)21-17(24)11-22(3)12-18(25)23-10-5-4-9-16(23)19(20)26/h6-8,16H,4-5,9-12H2,1-3H3,(H2,20,26)(H,21,24)/t16-/m0/s1. The molecule has 0 radical (unpaired) electrons. The van der Waals surface area contributed by atoms with E-state index in [2.05, 4.69) is 5.32 Å². The van der Waals surface area contributed by atoms with E-state index in [4.69, 9.17) is 5.73 Å². The van der Waals surface area contributed by atoms with Crippen LogP contribution in [-0.2, 0) is 14.4 Å². The molecule has 2 rings (SSSR count). The maximum Gasteiger partial charge on any atom is 0.240 e. The zero-order valence-electron chi connectivity index (χ0n) is 15.7. The molecule has 7 nitrogen and oxygen atoms in total. The number of primary amides is 1. The zero-order valence-corrected chi connectivity index (χ0v) is 15.7. The molecule has 142 valence electrons. The molecule has 0 aromatic heterocycles. The van der Waals surface area contributed by atoms with Crippen molar-refractivity contribution in [3.05, 3.63) is 29.3 Å². The quantitative estimate of drug-likeness (QED) is 0.792. The number of nitrogens with one attached hydrogen (secondary N) is 1. The summed E-state index contributed by atoms with van der Waals surface area (Å²) in [4.78, 5) is 39.5. The number of hydrogen-bond acceptors (Lipinski definition) is 4. The number of anilines is 1. The predicted molar refractivity (Wildman–Crippen MR) is 101 cm³/mol. The molecular formula is C19H28N4O3. The average molecular weight is 360 g/mol. The minimum Gasteiger partial charge on any atom is -0.368 e. The Kier molecular flexibility index (Phi) is 6.74. The number of carbonyl (C=O) groups is 3. The first-order chi connectivity index (χ1) is 12.3. The molecule has 1 aromatic carbocycles. The first-order valence-corrected chi connectivity index (χ1v) is 8.93. The maximum absolute atomic E-state index is 12.5. The molecule has 7 heteroatoms. The van der Waals surface area contributed by atoms with E-state index in [9.17, 15) is 14.4 Å². The van der Waals surface area contributed by atoms with Crippen molar-refractivity contribution in [1.82, 2.24) is 9.80 Å². The summed E-state index contributed by atoms with van der Waals surface area (Å²) >= 11 is 0. The van der Waals surface area contributed by atoms with Gasteiger partial charge in [0.25, 0.3) is 0 Å². The van der Waals surface area contributed by atoms with Gasteiger partial charge in [0.1, 0.15) is 6.04 Å². The largest absolute Gasteiger partial charge is 0.368 e. The van der Waals surface area contributed by atoms with Crippen LogP contribution in [0.4, 0.5) is 5.69 Å². The summed E-state index contributed by atoms with van der Waals surface area (Å²) in [6.45, 7) is 4.65. The van der Waals surface area contributed by atoms with Gasteiger partial charge in [0.05, 0.1) is 13.1 Å². The number of carbonyl (C=O) groups excluding carboxylic acids is 3. The number of hydrogen-bond donors (Lipinski definition) is 2. The van der Waals surface area contributed by atoms with Gasteiger partial charge in [-0.05, 0) is 57.4 Å². The van der Waals surface area contributed by atoms with Gasteiger partial charge in [-0.2, -0.15) is 0 Å². The van der Waals surface area contributed by atoms with Crippen LogP contribution < -0.4 is 11.1 Å². The van der Waals surface area contributed by atoms with Gasteiger partial charge in [-0.3, -0.25) is 19.3 Å². The Morgan fingerprint density at radius 2 is 1.96 bits per heavy atom. The van der Waals surface area contributed by atoms with Crippen molar-refractivity contribution in [2.24, 2.45) is 5.73 Å². The zero-order chi connectivity index (χ0) is 19.3. The highest BCUT2D eigenvalue weighted by Crippen LogP contribution is 2.18. The summed E-state index contributed by atoms with van der Waals surface area (Å²) in [5, 5.41) is 2.88. The Morgan fingerprint density at radius 3 is 2.65 bits per heavy atom. The Bertz CT molecular complexity index is 689. The minimum absolute atomic E-state index is 0.0734. The van der Waals surface area contributed by atoms with Crippen LogP contribution in [0.3, 0.4) is 0 Å². The highest BCUT2D eigenvalue weighted by atomic mass is 16.2. The van der Waals surface area contributed by atoms with Crippen LogP contribution in [-0.4, -0.2) is 60.2 Å². The lowest BCUT2D eigenvalue weighted by molar-refractivity contribution is -0.141. The molecule has 3 N–H and O–H groups in total. The van der Waals surface area contributed by atoms with E-state index in [1.165, 1.54) is 0 Å². The lowest BCUT2D eigenvalue weighted by Gasteiger charge is -2.34. The van der Waals surface area contributed by atoms with Crippen molar-refractivity contribution in [1.29, 1.82) is 0 Å². The third-order valence-corrected chi connectivity index (χ3v) is 4.85. The summed E-state index contributed by atoms with van der Waals surface area (Å²) in [5.41, 5.74) is 8.32. The van der Waals surface area contributed by atoms with Crippen molar-refractivity contribution in [3.63, 3.8) is 0 Å². The van der Waals surface area contributed by atoms with Crippen molar-refractivity contribution in [2.45, 2.75) is 39.2 Å². The monoisotopic (exact) mass is 360 g/mol. The van der Waals surface area contributed by atoms with E-state index in [0.717, 1.165) is 29.7 Å².